The maximum atomic E-state index is 8.33. The summed E-state index contributed by atoms with van der Waals surface area (Å²) >= 11 is 0. The predicted molar refractivity (Wildman–Crippen MR) is 23.7 cm³/mol. The van der Waals surface area contributed by atoms with Gasteiger partial charge >= 0.3 is 0 Å². The lowest BCUT2D eigenvalue weighted by Crippen LogP contribution is -1.90. The molecule has 44 valence electrons. The zero-order valence-corrected chi connectivity index (χ0v) is 3.98. The van der Waals surface area contributed by atoms with E-state index in [-0.39, 0.29) is 5.76 Å². The van der Waals surface area contributed by atoms with Crippen molar-refractivity contribution in [3.8, 4) is 0 Å². The highest BCUT2D eigenvalue weighted by molar-refractivity contribution is 4.92. The lowest BCUT2D eigenvalue weighted by Gasteiger charge is -1.91. The van der Waals surface area contributed by atoms with Crippen LogP contribution < -0.4 is 0 Å². The van der Waals surface area contributed by atoms with Crippen LogP contribution in [0.15, 0.2) is 16.8 Å². The quantitative estimate of drug-likeness (QED) is 0.491. The van der Waals surface area contributed by atoms with Crippen molar-refractivity contribution in [1.82, 2.24) is 5.16 Å². The topological polar surface area (TPSA) is 66.5 Å². The van der Waals surface area contributed by atoms with Crippen LogP contribution in [0.1, 0.15) is 12.1 Å². The molecule has 0 saturated heterocycles. The van der Waals surface area contributed by atoms with E-state index in [9.17, 15) is 0 Å². The van der Waals surface area contributed by atoms with Crippen LogP contribution in [0.3, 0.4) is 0 Å². The van der Waals surface area contributed by atoms with Crippen molar-refractivity contribution >= 4 is 0 Å². The predicted octanol–water partition coefficient (Wildman–Crippen LogP) is -0.342. The van der Waals surface area contributed by atoms with Gasteiger partial charge in [-0.05, 0) is 0 Å². The molecule has 0 aromatic carbocycles. The summed E-state index contributed by atoms with van der Waals surface area (Å²) in [5.74, 6) is 0.0602. The molecule has 1 aromatic heterocycles. The highest BCUT2D eigenvalue weighted by Crippen LogP contribution is 2.05. The van der Waals surface area contributed by atoms with Crippen LogP contribution in [-0.2, 0) is 0 Å². The molecule has 0 saturated carbocycles. The second kappa shape index (κ2) is 1.94. The molecule has 0 fully saturated rings. The zero-order valence-electron chi connectivity index (χ0n) is 3.98. The molecule has 1 rings (SSSR count). The van der Waals surface area contributed by atoms with E-state index < -0.39 is 6.29 Å². The van der Waals surface area contributed by atoms with Crippen molar-refractivity contribution in [2.75, 3.05) is 0 Å². The maximum absolute atomic E-state index is 8.33. The second-order valence-electron chi connectivity index (χ2n) is 1.29. The van der Waals surface area contributed by atoms with Gasteiger partial charge in [0.1, 0.15) is 0 Å². The first kappa shape index (κ1) is 5.27. The molecule has 0 aliphatic heterocycles. The van der Waals surface area contributed by atoms with E-state index in [1.165, 1.54) is 12.3 Å². The first-order valence-electron chi connectivity index (χ1n) is 2.07. The molecule has 4 heteroatoms. The fraction of sp³-hybridized carbons (Fsp3) is 0.250. The number of aliphatic hydroxyl groups is 2. The SMILES string of the molecule is OC(O)c1ccno1. The number of hydrogen-bond donors (Lipinski definition) is 2. The Balaban J connectivity index is 2.77. The Labute approximate surface area is 45.4 Å². The molecule has 4 nitrogen and oxygen atoms in total. The van der Waals surface area contributed by atoms with Crippen molar-refractivity contribution in [2.45, 2.75) is 6.29 Å². The Bertz CT molecular complexity index is 146. The average molecular weight is 115 g/mol. The van der Waals surface area contributed by atoms with Gasteiger partial charge in [0.25, 0.3) is 0 Å². The third-order valence-electron chi connectivity index (χ3n) is 0.712. The molecule has 0 atom stereocenters. The van der Waals surface area contributed by atoms with E-state index in [0.717, 1.165) is 0 Å². The zero-order chi connectivity index (χ0) is 5.98. The van der Waals surface area contributed by atoms with Gasteiger partial charge in [-0.15, -0.1) is 0 Å². The van der Waals surface area contributed by atoms with Crippen molar-refractivity contribution < 1.29 is 14.7 Å². The third-order valence-corrected chi connectivity index (χ3v) is 0.712. The Morgan fingerprint density at radius 3 is 2.62 bits per heavy atom. The molecule has 0 amide bonds. The van der Waals surface area contributed by atoms with Crippen LogP contribution in [-0.4, -0.2) is 15.4 Å². The Morgan fingerprint density at radius 1 is 1.62 bits per heavy atom. The van der Waals surface area contributed by atoms with Gasteiger partial charge in [0, 0.05) is 6.07 Å². The molecule has 8 heavy (non-hydrogen) atoms. The first-order chi connectivity index (χ1) is 3.80. The van der Waals surface area contributed by atoms with E-state index >= 15 is 0 Å². The molecule has 0 radical (unpaired) electrons. The molecular weight excluding hydrogens is 110 g/mol. The van der Waals surface area contributed by atoms with E-state index in [0.29, 0.717) is 0 Å². The molecule has 0 spiro atoms. The molecule has 0 bridgehead atoms. The normalized spacial score (nSPS) is 10.4. The van der Waals surface area contributed by atoms with Gasteiger partial charge in [-0.1, -0.05) is 5.16 Å². The van der Waals surface area contributed by atoms with Crippen LogP contribution in [0.2, 0.25) is 0 Å². The van der Waals surface area contributed by atoms with Crippen LogP contribution in [0, 0.1) is 0 Å². The smallest absolute Gasteiger partial charge is 0.215 e. The van der Waals surface area contributed by atoms with Gasteiger partial charge in [0.2, 0.25) is 6.29 Å². The van der Waals surface area contributed by atoms with Crippen LogP contribution in [0.5, 0.6) is 0 Å². The average Bonchev–Trinajstić information content (AvgIpc) is 2.12. The van der Waals surface area contributed by atoms with Crippen molar-refractivity contribution in [2.24, 2.45) is 0 Å². The monoisotopic (exact) mass is 115 g/mol. The summed E-state index contributed by atoms with van der Waals surface area (Å²) in [6, 6.07) is 1.38. The van der Waals surface area contributed by atoms with Gasteiger partial charge in [0.05, 0.1) is 6.20 Å². The van der Waals surface area contributed by atoms with Crippen LogP contribution in [0.25, 0.3) is 0 Å². The van der Waals surface area contributed by atoms with Gasteiger partial charge in [-0.3, -0.25) is 0 Å². The van der Waals surface area contributed by atoms with Crippen LogP contribution >= 0.6 is 0 Å². The molecule has 0 aliphatic carbocycles. The van der Waals surface area contributed by atoms with Gasteiger partial charge in [-0.25, -0.2) is 0 Å². The first-order valence-corrected chi connectivity index (χ1v) is 2.07. The molecule has 0 unspecified atom stereocenters. The van der Waals surface area contributed by atoms with E-state index in [4.69, 9.17) is 10.2 Å². The molecule has 1 heterocycles. The fourth-order valence-electron chi connectivity index (χ4n) is 0.359. The van der Waals surface area contributed by atoms with Crippen molar-refractivity contribution in [3.05, 3.63) is 18.0 Å². The van der Waals surface area contributed by atoms with Gasteiger partial charge in [0.15, 0.2) is 5.76 Å². The maximum Gasteiger partial charge on any atom is 0.215 e. The van der Waals surface area contributed by atoms with Crippen molar-refractivity contribution in [3.63, 3.8) is 0 Å². The largest absolute Gasteiger partial charge is 0.362 e. The van der Waals surface area contributed by atoms with Crippen LogP contribution in [0.4, 0.5) is 0 Å². The highest BCUT2D eigenvalue weighted by Gasteiger charge is 2.03. The standard InChI is InChI=1S/C4H5NO3/c6-4(7)3-1-2-5-8-3/h1-2,4,6-7H. The Hall–Kier alpha value is -0.870. The number of nitrogens with zero attached hydrogens (tertiary/aromatic N) is 1. The number of hydrogen-bond acceptors (Lipinski definition) is 4. The van der Waals surface area contributed by atoms with E-state index in [2.05, 4.69) is 9.68 Å². The molecule has 2 N–H and O–H groups in total. The second-order valence-corrected chi connectivity index (χ2v) is 1.29. The minimum Gasteiger partial charge on any atom is -0.362 e. The minimum atomic E-state index is -1.54. The van der Waals surface area contributed by atoms with E-state index in [1.807, 2.05) is 0 Å². The summed E-state index contributed by atoms with van der Waals surface area (Å²) in [5.41, 5.74) is 0. The third kappa shape index (κ3) is 0.853. The molecule has 1 aromatic rings. The van der Waals surface area contributed by atoms with Crippen molar-refractivity contribution in [1.29, 1.82) is 0 Å². The van der Waals surface area contributed by atoms with Gasteiger partial charge in [-0.2, -0.15) is 0 Å². The highest BCUT2D eigenvalue weighted by atomic mass is 16.5. The lowest BCUT2D eigenvalue weighted by atomic mass is 10.5. The molecular formula is C4H5NO3. The van der Waals surface area contributed by atoms with E-state index in [1.54, 1.807) is 0 Å². The number of aliphatic hydroxyl groups excluding tert-OH is 1. The van der Waals surface area contributed by atoms with Gasteiger partial charge < -0.3 is 14.7 Å². The Morgan fingerprint density at radius 2 is 2.38 bits per heavy atom. The summed E-state index contributed by atoms with van der Waals surface area (Å²) in [6.45, 7) is 0. The number of aromatic nitrogens is 1. The summed E-state index contributed by atoms with van der Waals surface area (Å²) in [6.07, 6.45) is -0.202. The minimum absolute atomic E-state index is 0.0602. The Kier molecular flexibility index (Phi) is 1.27. The summed E-state index contributed by atoms with van der Waals surface area (Å²) in [5, 5.41) is 19.9. The fourth-order valence-corrected chi connectivity index (χ4v) is 0.359. The lowest BCUT2D eigenvalue weighted by molar-refractivity contribution is -0.0612. The summed E-state index contributed by atoms with van der Waals surface area (Å²) in [7, 11) is 0. The summed E-state index contributed by atoms with van der Waals surface area (Å²) < 4.78 is 4.34. The summed E-state index contributed by atoms with van der Waals surface area (Å²) in [4.78, 5) is 0. The molecule has 0 aliphatic rings. The number of rotatable bonds is 1.